The zero-order valence-electron chi connectivity index (χ0n) is 16.7. The summed E-state index contributed by atoms with van der Waals surface area (Å²) in [6, 6.07) is 11.5. The van der Waals surface area contributed by atoms with Crippen molar-refractivity contribution in [1.82, 2.24) is 10.1 Å². The summed E-state index contributed by atoms with van der Waals surface area (Å²) < 4.78 is 12.2. The highest BCUT2D eigenvalue weighted by atomic mass is 35.5. The maximum Gasteiger partial charge on any atom is 0.189 e. The molecule has 4 aromatic rings. The van der Waals surface area contributed by atoms with Crippen molar-refractivity contribution in [1.29, 1.82) is 0 Å². The van der Waals surface area contributed by atoms with Gasteiger partial charge in [0.2, 0.25) is 0 Å². The first-order valence-electron chi connectivity index (χ1n) is 10.4. The minimum absolute atomic E-state index is 0.191. The van der Waals surface area contributed by atoms with Crippen molar-refractivity contribution in [3.63, 3.8) is 0 Å². The quantitative estimate of drug-likeness (QED) is 0.336. The highest BCUT2D eigenvalue weighted by Gasteiger charge is 2.34. The Morgan fingerprint density at radius 1 is 1.06 bits per heavy atom. The monoisotopic (exact) mass is 427 g/mol. The van der Waals surface area contributed by atoms with E-state index in [9.17, 15) is 0 Å². The van der Waals surface area contributed by atoms with Crippen LogP contribution in [-0.2, 0) is 19.3 Å². The zero-order chi connectivity index (χ0) is 20.9. The molecule has 3 heterocycles. The fourth-order valence-electron chi connectivity index (χ4n) is 4.78. The molecule has 0 spiro atoms. The summed E-state index contributed by atoms with van der Waals surface area (Å²) in [5, 5.41) is 5.93. The van der Waals surface area contributed by atoms with E-state index in [1.807, 2.05) is 30.3 Å². The Kier molecular flexibility index (Phi) is 4.22. The van der Waals surface area contributed by atoms with Crippen molar-refractivity contribution in [3.8, 4) is 16.9 Å². The molecule has 0 unspecified atom stereocenters. The molecule has 6 heteroatoms. The van der Waals surface area contributed by atoms with Gasteiger partial charge in [0.1, 0.15) is 5.75 Å². The zero-order valence-corrected chi connectivity index (χ0v) is 17.4. The van der Waals surface area contributed by atoms with Gasteiger partial charge < -0.3 is 9.26 Å². The summed E-state index contributed by atoms with van der Waals surface area (Å²) in [4.78, 5) is 7.97. The first-order chi connectivity index (χ1) is 15.2. The number of benzene rings is 2. The molecule has 0 saturated carbocycles. The van der Waals surface area contributed by atoms with Crippen LogP contribution in [0.2, 0.25) is 5.02 Å². The lowest BCUT2D eigenvalue weighted by Gasteiger charge is -2.15. The number of aryl methyl sites for hydroxylation is 1. The highest BCUT2D eigenvalue weighted by Crippen LogP contribution is 2.47. The molecule has 0 amide bonds. The van der Waals surface area contributed by atoms with Crippen molar-refractivity contribution in [3.05, 3.63) is 81.6 Å². The van der Waals surface area contributed by atoms with Gasteiger partial charge in [0.15, 0.2) is 17.6 Å². The van der Waals surface area contributed by atoms with Crippen LogP contribution >= 0.6 is 11.6 Å². The van der Waals surface area contributed by atoms with E-state index >= 15 is 0 Å². The number of nitrogens with zero attached hydrogens (tertiary/aromatic N) is 3. The molecule has 1 aliphatic heterocycles. The van der Waals surface area contributed by atoms with Crippen LogP contribution in [-0.4, -0.2) is 10.1 Å². The molecular formula is C25H18ClN3O2. The van der Waals surface area contributed by atoms with Crippen LogP contribution in [0.4, 0.5) is 5.69 Å². The third kappa shape index (κ3) is 2.98. The molecule has 0 saturated heterocycles. The van der Waals surface area contributed by atoms with Gasteiger partial charge in [0.25, 0.3) is 0 Å². The molecule has 0 fully saturated rings. The largest absolute Gasteiger partial charge is 0.481 e. The summed E-state index contributed by atoms with van der Waals surface area (Å²) >= 11 is 6.52. The second-order valence-corrected chi connectivity index (χ2v) is 8.54. The number of ether oxygens (including phenoxy) is 1. The standard InChI is InChI=1S/C25H18ClN3O2/c1-27-16-6-7-18-17(8-9-28-22(18)13-16)20-12-15(26)10-14-11-23(30-24(14)20)25-19-4-2-3-5-21(19)29-31-25/h6-10,12-13,23H,2-5,11H2/t23-/m1/s1. The van der Waals surface area contributed by atoms with Gasteiger partial charge in [0.05, 0.1) is 17.8 Å². The molecule has 2 aromatic carbocycles. The van der Waals surface area contributed by atoms with E-state index in [1.54, 1.807) is 12.3 Å². The Balaban J connectivity index is 1.46. The molecule has 0 radical (unpaired) electrons. The molecule has 152 valence electrons. The molecular weight excluding hydrogens is 410 g/mol. The van der Waals surface area contributed by atoms with Crippen LogP contribution in [0.25, 0.3) is 26.9 Å². The Morgan fingerprint density at radius 2 is 1.97 bits per heavy atom. The Labute approximate surface area is 184 Å². The summed E-state index contributed by atoms with van der Waals surface area (Å²) in [5.74, 6) is 1.69. The second kappa shape index (κ2) is 7.11. The molecule has 2 aliphatic rings. The molecule has 6 rings (SSSR count). The molecule has 0 N–H and O–H groups in total. The van der Waals surface area contributed by atoms with E-state index in [-0.39, 0.29) is 6.10 Å². The number of hydrogen-bond acceptors (Lipinski definition) is 4. The van der Waals surface area contributed by atoms with Crippen molar-refractivity contribution in [2.75, 3.05) is 0 Å². The number of halogens is 1. The number of aromatic nitrogens is 2. The predicted octanol–water partition coefficient (Wildman–Crippen LogP) is 6.65. The van der Waals surface area contributed by atoms with Gasteiger partial charge in [-0.05, 0) is 55.5 Å². The van der Waals surface area contributed by atoms with Gasteiger partial charge >= 0.3 is 0 Å². The van der Waals surface area contributed by atoms with Crippen LogP contribution in [0.1, 0.15) is 41.5 Å². The minimum atomic E-state index is -0.191. The first kappa shape index (κ1) is 18.4. The molecule has 0 bridgehead atoms. The first-order valence-corrected chi connectivity index (χ1v) is 10.8. The van der Waals surface area contributed by atoms with Crippen LogP contribution in [0, 0.1) is 6.57 Å². The maximum absolute atomic E-state index is 7.27. The third-order valence-electron chi connectivity index (χ3n) is 6.22. The molecule has 2 aromatic heterocycles. The van der Waals surface area contributed by atoms with E-state index in [0.717, 1.165) is 70.5 Å². The third-order valence-corrected chi connectivity index (χ3v) is 6.44. The number of fused-ring (bicyclic) bond motifs is 3. The molecule has 31 heavy (non-hydrogen) atoms. The Hall–Kier alpha value is -3.36. The maximum atomic E-state index is 7.27. The average molecular weight is 428 g/mol. The molecule has 1 aliphatic carbocycles. The van der Waals surface area contributed by atoms with Crippen LogP contribution < -0.4 is 4.74 Å². The average Bonchev–Trinajstić information content (AvgIpc) is 3.41. The minimum Gasteiger partial charge on any atom is -0.481 e. The lowest BCUT2D eigenvalue weighted by molar-refractivity contribution is 0.189. The molecule has 1 atom stereocenters. The number of hydrogen-bond donors (Lipinski definition) is 0. The van der Waals surface area contributed by atoms with Crippen molar-refractivity contribution >= 4 is 28.2 Å². The summed E-state index contributed by atoms with van der Waals surface area (Å²) in [5.41, 5.74) is 6.63. The van der Waals surface area contributed by atoms with Gasteiger partial charge in [-0.1, -0.05) is 28.9 Å². The van der Waals surface area contributed by atoms with Crippen LogP contribution in [0.3, 0.4) is 0 Å². The summed E-state index contributed by atoms with van der Waals surface area (Å²) in [7, 11) is 0. The number of rotatable bonds is 2. The van der Waals surface area contributed by atoms with Gasteiger partial charge in [-0.15, -0.1) is 0 Å². The Bertz CT molecular complexity index is 1390. The van der Waals surface area contributed by atoms with E-state index in [4.69, 9.17) is 27.4 Å². The van der Waals surface area contributed by atoms with Gasteiger partial charge in [-0.3, -0.25) is 4.98 Å². The number of pyridine rings is 1. The highest BCUT2D eigenvalue weighted by molar-refractivity contribution is 6.31. The van der Waals surface area contributed by atoms with Crippen LogP contribution in [0.15, 0.2) is 47.1 Å². The van der Waals surface area contributed by atoms with E-state index in [1.165, 1.54) is 5.56 Å². The topological polar surface area (TPSA) is 52.5 Å². The summed E-state index contributed by atoms with van der Waals surface area (Å²) in [6.07, 6.45) is 6.57. The van der Waals surface area contributed by atoms with Crippen LogP contribution in [0.5, 0.6) is 5.75 Å². The van der Waals surface area contributed by atoms with Crippen molar-refractivity contribution < 1.29 is 9.26 Å². The SMILES string of the molecule is [C-]#[N+]c1ccc2c(-c3cc(Cl)cc4c3O[C@@H](c3onc5c3CCCC5)C4)ccnc2c1. The lowest BCUT2D eigenvalue weighted by Crippen LogP contribution is -2.08. The van der Waals surface area contributed by atoms with E-state index < -0.39 is 0 Å². The van der Waals surface area contributed by atoms with E-state index in [0.29, 0.717) is 17.1 Å². The fraction of sp³-hybridized carbons (Fsp3) is 0.240. The normalized spacial score (nSPS) is 17.1. The lowest BCUT2D eigenvalue weighted by atomic mass is 9.93. The van der Waals surface area contributed by atoms with Gasteiger partial charge in [-0.25, -0.2) is 4.85 Å². The molecule has 5 nitrogen and oxygen atoms in total. The Morgan fingerprint density at radius 3 is 2.87 bits per heavy atom. The fourth-order valence-corrected chi connectivity index (χ4v) is 5.02. The second-order valence-electron chi connectivity index (χ2n) is 8.10. The smallest absolute Gasteiger partial charge is 0.189 e. The van der Waals surface area contributed by atoms with Crippen molar-refractivity contribution in [2.45, 2.75) is 38.2 Å². The predicted molar refractivity (Wildman–Crippen MR) is 119 cm³/mol. The van der Waals surface area contributed by atoms with Crippen molar-refractivity contribution in [2.24, 2.45) is 0 Å². The summed E-state index contributed by atoms with van der Waals surface area (Å²) in [6.45, 7) is 7.27. The van der Waals surface area contributed by atoms with Gasteiger partial charge in [-0.2, -0.15) is 0 Å². The van der Waals surface area contributed by atoms with E-state index in [2.05, 4.69) is 15.0 Å². The van der Waals surface area contributed by atoms with Gasteiger partial charge in [0, 0.05) is 39.7 Å².